The Morgan fingerprint density at radius 1 is 1.46 bits per heavy atom. The van der Waals surface area contributed by atoms with Crippen molar-refractivity contribution in [3.63, 3.8) is 0 Å². The molecule has 0 amide bonds. The first kappa shape index (κ1) is 10.5. The zero-order chi connectivity index (χ0) is 9.68. The minimum atomic E-state index is -0.339. The van der Waals surface area contributed by atoms with Gasteiger partial charge in [0, 0.05) is 12.7 Å². The van der Waals surface area contributed by atoms with Crippen molar-refractivity contribution >= 4 is 15.9 Å². The summed E-state index contributed by atoms with van der Waals surface area (Å²) in [6, 6.07) is 4.58. The summed E-state index contributed by atoms with van der Waals surface area (Å²) in [7, 11) is 0. The van der Waals surface area contributed by atoms with Crippen molar-refractivity contribution in [3.05, 3.63) is 28.5 Å². The van der Waals surface area contributed by atoms with Crippen molar-refractivity contribution in [1.82, 2.24) is 0 Å². The van der Waals surface area contributed by atoms with Crippen LogP contribution < -0.4 is 4.74 Å². The van der Waals surface area contributed by atoms with Gasteiger partial charge in [-0.1, -0.05) is 0 Å². The van der Waals surface area contributed by atoms with Gasteiger partial charge in [0.2, 0.25) is 0 Å². The summed E-state index contributed by atoms with van der Waals surface area (Å²) in [5.41, 5.74) is 0. The molecule has 1 aromatic carbocycles. The zero-order valence-electron chi connectivity index (χ0n) is 7.22. The Morgan fingerprint density at radius 3 is 2.85 bits per heavy atom. The van der Waals surface area contributed by atoms with E-state index in [1.54, 1.807) is 12.1 Å². The lowest BCUT2D eigenvalue weighted by Gasteiger charge is -2.05. The van der Waals surface area contributed by atoms with Gasteiger partial charge >= 0.3 is 0 Å². The lowest BCUT2D eigenvalue weighted by molar-refractivity contribution is 0.0222. The molecule has 0 bridgehead atoms. The maximum absolute atomic E-state index is 12.9. The van der Waals surface area contributed by atoms with Crippen molar-refractivity contribution in [2.75, 3.05) is 13.4 Å². The average molecular weight is 249 g/mol. The zero-order valence-corrected chi connectivity index (χ0v) is 8.80. The highest BCUT2D eigenvalue weighted by atomic mass is 79.9. The third-order valence-electron chi connectivity index (χ3n) is 1.40. The van der Waals surface area contributed by atoms with E-state index < -0.39 is 0 Å². The van der Waals surface area contributed by atoms with Crippen molar-refractivity contribution < 1.29 is 13.9 Å². The van der Waals surface area contributed by atoms with Crippen LogP contribution in [-0.2, 0) is 4.74 Å². The Labute approximate surface area is 84.8 Å². The second kappa shape index (κ2) is 5.19. The molecule has 0 spiro atoms. The molecule has 4 heteroatoms. The van der Waals surface area contributed by atoms with Crippen LogP contribution in [0.4, 0.5) is 4.39 Å². The van der Waals surface area contributed by atoms with Gasteiger partial charge in [-0.15, -0.1) is 0 Å². The molecule has 0 saturated heterocycles. The van der Waals surface area contributed by atoms with Gasteiger partial charge in [-0.25, -0.2) is 4.39 Å². The van der Waals surface area contributed by atoms with Gasteiger partial charge in [0.1, 0.15) is 11.6 Å². The normalized spacial score (nSPS) is 10.1. The molecule has 13 heavy (non-hydrogen) atoms. The molecule has 0 aliphatic heterocycles. The van der Waals surface area contributed by atoms with E-state index in [0.29, 0.717) is 16.8 Å². The molecule has 0 fully saturated rings. The molecule has 0 N–H and O–H groups in total. The van der Waals surface area contributed by atoms with Crippen molar-refractivity contribution in [2.24, 2.45) is 0 Å². The van der Waals surface area contributed by atoms with Crippen LogP contribution >= 0.6 is 15.9 Å². The second-order valence-corrected chi connectivity index (χ2v) is 3.19. The predicted molar refractivity (Wildman–Crippen MR) is 51.2 cm³/mol. The van der Waals surface area contributed by atoms with Crippen LogP contribution in [0.2, 0.25) is 0 Å². The fourth-order valence-electron chi connectivity index (χ4n) is 0.760. The highest BCUT2D eigenvalue weighted by Gasteiger charge is 2.00. The summed E-state index contributed by atoms with van der Waals surface area (Å²) < 4.78 is 23.4. The largest absolute Gasteiger partial charge is 0.467 e. The lowest BCUT2D eigenvalue weighted by Crippen LogP contribution is -2.02. The van der Waals surface area contributed by atoms with Crippen LogP contribution in [0.5, 0.6) is 5.75 Å². The van der Waals surface area contributed by atoms with E-state index in [4.69, 9.17) is 9.47 Å². The van der Waals surface area contributed by atoms with E-state index in [0.717, 1.165) is 0 Å². The molecular weight excluding hydrogens is 239 g/mol. The Morgan fingerprint density at radius 2 is 2.23 bits per heavy atom. The molecule has 1 aromatic rings. The number of hydrogen-bond acceptors (Lipinski definition) is 2. The van der Waals surface area contributed by atoms with E-state index >= 15 is 0 Å². The molecule has 0 aliphatic rings. The molecule has 72 valence electrons. The summed E-state index contributed by atoms with van der Waals surface area (Å²) in [6.07, 6.45) is 0. The average Bonchev–Trinajstić information content (AvgIpc) is 2.12. The van der Waals surface area contributed by atoms with Gasteiger partial charge in [0.15, 0.2) is 6.79 Å². The topological polar surface area (TPSA) is 18.5 Å². The summed E-state index contributed by atoms with van der Waals surface area (Å²) in [6.45, 7) is 2.60. The second-order valence-electron chi connectivity index (χ2n) is 2.33. The van der Waals surface area contributed by atoms with Crippen molar-refractivity contribution in [2.45, 2.75) is 6.92 Å². The fraction of sp³-hybridized carbons (Fsp3) is 0.333. The first-order valence-electron chi connectivity index (χ1n) is 3.89. The smallest absolute Gasteiger partial charge is 0.189 e. The molecule has 0 saturated carbocycles. The summed E-state index contributed by atoms with van der Waals surface area (Å²) in [5.74, 6) is 0.128. The fourth-order valence-corrected chi connectivity index (χ4v) is 1.01. The highest BCUT2D eigenvalue weighted by molar-refractivity contribution is 9.10. The Kier molecular flexibility index (Phi) is 4.18. The van der Waals surface area contributed by atoms with Crippen molar-refractivity contribution in [1.29, 1.82) is 0 Å². The predicted octanol–water partition coefficient (Wildman–Crippen LogP) is 2.96. The first-order valence-corrected chi connectivity index (χ1v) is 4.69. The molecule has 2 nitrogen and oxygen atoms in total. The van der Waals surface area contributed by atoms with Crippen LogP contribution in [0.1, 0.15) is 6.92 Å². The number of halogens is 2. The molecule has 0 atom stereocenters. The molecule has 0 radical (unpaired) electrons. The third-order valence-corrected chi connectivity index (χ3v) is 2.05. The standard InChI is InChI=1S/C9H10BrFO2/c1-2-12-6-13-7-3-4-8(10)9(11)5-7/h3-5H,2,6H2,1H3. The minimum absolute atomic E-state index is 0.150. The maximum Gasteiger partial charge on any atom is 0.189 e. The van der Waals surface area contributed by atoms with Crippen LogP contribution in [0.3, 0.4) is 0 Å². The van der Waals surface area contributed by atoms with Gasteiger partial charge in [-0.05, 0) is 35.0 Å². The monoisotopic (exact) mass is 248 g/mol. The van der Waals surface area contributed by atoms with Gasteiger partial charge < -0.3 is 9.47 Å². The first-order chi connectivity index (χ1) is 6.24. The third kappa shape index (κ3) is 3.32. The SMILES string of the molecule is CCOCOc1ccc(Br)c(F)c1. The van der Waals surface area contributed by atoms with Crippen LogP contribution in [-0.4, -0.2) is 13.4 Å². The lowest BCUT2D eigenvalue weighted by atomic mass is 10.3. The Hall–Kier alpha value is -0.610. The van der Waals surface area contributed by atoms with E-state index in [9.17, 15) is 4.39 Å². The molecule has 0 unspecified atom stereocenters. The van der Waals surface area contributed by atoms with E-state index in [1.165, 1.54) is 6.07 Å². The summed E-state index contributed by atoms with van der Waals surface area (Å²) in [5, 5.41) is 0. The molecular formula is C9H10BrFO2. The van der Waals surface area contributed by atoms with Crippen molar-refractivity contribution in [3.8, 4) is 5.75 Å². The van der Waals surface area contributed by atoms with Crippen LogP contribution in [0.15, 0.2) is 22.7 Å². The molecule has 1 rings (SSSR count). The van der Waals surface area contributed by atoms with E-state index in [-0.39, 0.29) is 12.6 Å². The molecule has 0 aliphatic carbocycles. The number of ether oxygens (including phenoxy) is 2. The number of benzene rings is 1. The summed E-state index contributed by atoms with van der Waals surface area (Å²) in [4.78, 5) is 0. The highest BCUT2D eigenvalue weighted by Crippen LogP contribution is 2.20. The van der Waals surface area contributed by atoms with Gasteiger partial charge in [0.25, 0.3) is 0 Å². The van der Waals surface area contributed by atoms with Crippen LogP contribution in [0, 0.1) is 5.82 Å². The van der Waals surface area contributed by atoms with Crippen LogP contribution in [0.25, 0.3) is 0 Å². The van der Waals surface area contributed by atoms with E-state index in [2.05, 4.69) is 15.9 Å². The van der Waals surface area contributed by atoms with Gasteiger partial charge in [0.05, 0.1) is 4.47 Å². The van der Waals surface area contributed by atoms with Gasteiger partial charge in [-0.3, -0.25) is 0 Å². The maximum atomic E-state index is 12.9. The molecule has 0 aromatic heterocycles. The van der Waals surface area contributed by atoms with Gasteiger partial charge in [-0.2, -0.15) is 0 Å². The number of hydrogen-bond donors (Lipinski definition) is 0. The Bertz CT molecular complexity index is 278. The molecule has 0 heterocycles. The summed E-state index contributed by atoms with van der Waals surface area (Å²) >= 11 is 3.05. The quantitative estimate of drug-likeness (QED) is 0.603. The van der Waals surface area contributed by atoms with E-state index in [1.807, 2.05) is 6.92 Å². The number of rotatable bonds is 4. The Balaban J connectivity index is 2.53. The minimum Gasteiger partial charge on any atom is -0.467 e.